The molecule has 8 nitrogen and oxygen atoms in total. The minimum Gasteiger partial charge on any atom is -0.444 e. The molecule has 0 aliphatic rings. The van der Waals surface area contributed by atoms with Gasteiger partial charge in [0, 0.05) is 30.1 Å². The predicted molar refractivity (Wildman–Crippen MR) is 95.1 cm³/mol. The van der Waals surface area contributed by atoms with Gasteiger partial charge in [0.25, 0.3) is 5.91 Å². The molecule has 136 valence electrons. The van der Waals surface area contributed by atoms with E-state index in [0.29, 0.717) is 25.2 Å². The summed E-state index contributed by atoms with van der Waals surface area (Å²) in [6.07, 6.45) is 1.01. The molecule has 0 saturated carbocycles. The zero-order valence-corrected chi connectivity index (χ0v) is 14.9. The number of hydrogen-bond acceptors (Lipinski definition) is 4. The van der Waals surface area contributed by atoms with Gasteiger partial charge in [-0.1, -0.05) is 17.2 Å². The lowest BCUT2D eigenvalue weighted by Gasteiger charge is -2.19. The molecular formula is C17H25N5O3. The van der Waals surface area contributed by atoms with Crippen molar-refractivity contribution < 1.29 is 14.3 Å². The highest BCUT2D eigenvalue weighted by atomic mass is 16.6. The van der Waals surface area contributed by atoms with Crippen LogP contribution in [0.2, 0.25) is 0 Å². The van der Waals surface area contributed by atoms with Gasteiger partial charge >= 0.3 is 6.09 Å². The number of hydrogen-bond donors (Lipinski definition) is 2. The highest BCUT2D eigenvalue weighted by Crippen LogP contribution is 2.08. The molecule has 0 aromatic heterocycles. The SMILES string of the molecule is CC(C)(C)OC(=O)NCc1ccc(C(=O)NCCCCN=[N+]=[N-])cc1. The first kappa shape index (κ1) is 20.3. The molecule has 0 atom stereocenters. The number of nitrogens with zero attached hydrogens (tertiary/aromatic N) is 3. The number of carbonyl (C=O) groups excluding carboxylic acids is 2. The Morgan fingerprint density at radius 1 is 1.16 bits per heavy atom. The molecule has 1 rings (SSSR count). The molecule has 1 aromatic rings. The fourth-order valence-electron chi connectivity index (χ4n) is 1.92. The third-order valence-electron chi connectivity index (χ3n) is 3.09. The zero-order valence-electron chi connectivity index (χ0n) is 14.9. The average molecular weight is 347 g/mol. The largest absolute Gasteiger partial charge is 0.444 e. The van der Waals surface area contributed by atoms with Gasteiger partial charge in [0.05, 0.1) is 0 Å². The van der Waals surface area contributed by atoms with Gasteiger partial charge in [0.1, 0.15) is 5.60 Å². The molecule has 0 fully saturated rings. The smallest absolute Gasteiger partial charge is 0.407 e. The summed E-state index contributed by atoms with van der Waals surface area (Å²) in [6.45, 7) is 6.70. The lowest BCUT2D eigenvalue weighted by molar-refractivity contribution is 0.0523. The predicted octanol–water partition coefficient (Wildman–Crippen LogP) is 3.53. The quantitative estimate of drug-likeness (QED) is 0.324. The van der Waals surface area contributed by atoms with Crippen molar-refractivity contribution >= 4 is 12.0 Å². The van der Waals surface area contributed by atoms with Crippen LogP contribution in [-0.4, -0.2) is 30.7 Å². The first-order chi connectivity index (χ1) is 11.8. The summed E-state index contributed by atoms with van der Waals surface area (Å²) < 4.78 is 5.16. The van der Waals surface area contributed by atoms with Crippen LogP contribution in [0.3, 0.4) is 0 Å². The van der Waals surface area contributed by atoms with E-state index in [-0.39, 0.29) is 5.91 Å². The molecule has 8 heteroatoms. The summed E-state index contributed by atoms with van der Waals surface area (Å²) in [5.41, 5.74) is 9.05. The van der Waals surface area contributed by atoms with Gasteiger partial charge in [-0.05, 0) is 56.8 Å². The van der Waals surface area contributed by atoms with Crippen molar-refractivity contribution in [3.8, 4) is 0 Å². The second-order valence-corrected chi connectivity index (χ2v) is 6.47. The van der Waals surface area contributed by atoms with E-state index in [1.807, 2.05) is 0 Å². The van der Waals surface area contributed by atoms with Crippen LogP contribution in [-0.2, 0) is 11.3 Å². The van der Waals surface area contributed by atoms with Gasteiger partial charge in [-0.15, -0.1) is 0 Å². The van der Waals surface area contributed by atoms with Crippen LogP contribution in [0.15, 0.2) is 29.4 Å². The fraction of sp³-hybridized carbons (Fsp3) is 0.529. The maximum absolute atomic E-state index is 12.0. The number of ether oxygens (including phenoxy) is 1. The summed E-state index contributed by atoms with van der Waals surface area (Å²) in [4.78, 5) is 26.3. The average Bonchev–Trinajstić information content (AvgIpc) is 2.55. The molecule has 0 aliphatic heterocycles. The molecule has 0 radical (unpaired) electrons. The molecule has 0 spiro atoms. The fourth-order valence-corrected chi connectivity index (χ4v) is 1.92. The molecule has 0 unspecified atom stereocenters. The lowest BCUT2D eigenvalue weighted by Crippen LogP contribution is -2.32. The molecule has 2 amide bonds. The highest BCUT2D eigenvalue weighted by molar-refractivity contribution is 5.94. The minimum atomic E-state index is -0.535. The minimum absolute atomic E-state index is 0.157. The highest BCUT2D eigenvalue weighted by Gasteiger charge is 2.15. The Balaban J connectivity index is 2.36. The van der Waals surface area contributed by atoms with Gasteiger partial charge in [-0.3, -0.25) is 4.79 Å². The number of azide groups is 1. The van der Waals surface area contributed by atoms with Crippen molar-refractivity contribution in [3.63, 3.8) is 0 Å². The van der Waals surface area contributed by atoms with Crippen molar-refractivity contribution in [3.05, 3.63) is 45.8 Å². The standard InChI is InChI=1S/C17H25N5O3/c1-17(2,3)25-16(24)20-12-13-6-8-14(9-7-13)15(23)19-10-4-5-11-21-22-18/h6-9H,4-5,10-12H2,1-3H3,(H,19,23)(H,20,24). The maximum Gasteiger partial charge on any atom is 0.407 e. The van der Waals surface area contributed by atoms with Gasteiger partial charge in [-0.25, -0.2) is 4.79 Å². The number of amides is 2. The third kappa shape index (κ3) is 9.22. The van der Waals surface area contributed by atoms with E-state index in [9.17, 15) is 9.59 Å². The Labute approximate surface area is 147 Å². The molecule has 1 aromatic carbocycles. The Hall–Kier alpha value is -2.73. The lowest BCUT2D eigenvalue weighted by atomic mass is 10.1. The summed E-state index contributed by atoms with van der Waals surface area (Å²) in [6, 6.07) is 6.99. The van der Waals surface area contributed by atoms with Gasteiger partial charge in [0.15, 0.2) is 0 Å². The molecule has 0 aliphatic carbocycles. The van der Waals surface area contributed by atoms with E-state index in [4.69, 9.17) is 10.3 Å². The first-order valence-electron chi connectivity index (χ1n) is 8.16. The van der Waals surface area contributed by atoms with E-state index >= 15 is 0 Å². The first-order valence-corrected chi connectivity index (χ1v) is 8.16. The molecule has 2 N–H and O–H groups in total. The number of nitrogens with one attached hydrogen (secondary N) is 2. The van der Waals surface area contributed by atoms with Crippen LogP contribution in [0, 0.1) is 0 Å². The van der Waals surface area contributed by atoms with Crippen LogP contribution in [0.5, 0.6) is 0 Å². The van der Waals surface area contributed by atoms with Gasteiger partial charge < -0.3 is 15.4 Å². The van der Waals surface area contributed by atoms with Gasteiger partial charge in [-0.2, -0.15) is 0 Å². The molecule has 0 saturated heterocycles. The summed E-state index contributed by atoms with van der Waals surface area (Å²) >= 11 is 0. The molecule has 25 heavy (non-hydrogen) atoms. The van der Waals surface area contributed by atoms with E-state index in [0.717, 1.165) is 18.4 Å². The summed E-state index contributed by atoms with van der Waals surface area (Å²) in [7, 11) is 0. The maximum atomic E-state index is 12.0. The number of alkyl carbamates (subject to hydrolysis) is 1. The van der Waals surface area contributed by atoms with Crippen LogP contribution < -0.4 is 10.6 Å². The third-order valence-corrected chi connectivity index (χ3v) is 3.09. The van der Waals surface area contributed by atoms with E-state index in [1.54, 1.807) is 45.0 Å². The number of benzene rings is 1. The number of rotatable bonds is 8. The Bertz CT molecular complexity index is 616. The molecular weight excluding hydrogens is 322 g/mol. The van der Waals surface area contributed by atoms with Crippen molar-refractivity contribution in [2.75, 3.05) is 13.1 Å². The van der Waals surface area contributed by atoms with Crippen molar-refractivity contribution in [2.45, 2.75) is 45.8 Å². The van der Waals surface area contributed by atoms with Crippen LogP contribution in [0.25, 0.3) is 10.4 Å². The molecule has 0 bridgehead atoms. The Kier molecular flexibility index (Phi) is 8.29. The summed E-state index contributed by atoms with van der Waals surface area (Å²) in [5.74, 6) is -0.157. The van der Waals surface area contributed by atoms with E-state index in [1.165, 1.54) is 0 Å². The summed E-state index contributed by atoms with van der Waals surface area (Å²) in [5, 5.41) is 8.91. The van der Waals surface area contributed by atoms with Crippen molar-refractivity contribution in [1.82, 2.24) is 10.6 Å². The Morgan fingerprint density at radius 3 is 2.44 bits per heavy atom. The van der Waals surface area contributed by atoms with Crippen LogP contribution in [0.1, 0.15) is 49.5 Å². The zero-order chi connectivity index (χ0) is 18.7. The second kappa shape index (κ2) is 10.2. The second-order valence-electron chi connectivity index (χ2n) is 6.47. The van der Waals surface area contributed by atoms with Gasteiger partial charge in [0.2, 0.25) is 0 Å². The topological polar surface area (TPSA) is 116 Å². The van der Waals surface area contributed by atoms with Crippen molar-refractivity contribution in [2.24, 2.45) is 5.11 Å². The number of unbranched alkanes of at least 4 members (excludes halogenated alkanes) is 1. The molecule has 0 heterocycles. The van der Waals surface area contributed by atoms with Crippen LogP contribution in [0.4, 0.5) is 4.79 Å². The van der Waals surface area contributed by atoms with E-state index in [2.05, 4.69) is 20.7 Å². The van der Waals surface area contributed by atoms with E-state index < -0.39 is 11.7 Å². The Morgan fingerprint density at radius 2 is 1.84 bits per heavy atom. The van der Waals surface area contributed by atoms with Crippen molar-refractivity contribution in [1.29, 1.82) is 0 Å². The number of carbonyl (C=O) groups is 2. The van der Waals surface area contributed by atoms with Crippen LogP contribution >= 0.6 is 0 Å². The normalized spacial score (nSPS) is 10.5. The monoisotopic (exact) mass is 347 g/mol.